The molecule has 0 unspecified atom stereocenters. The van der Waals surface area contributed by atoms with Crippen molar-refractivity contribution in [3.8, 4) is 0 Å². The van der Waals surface area contributed by atoms with Gasteiger partial charge in [-0.1, -0.05) is 193 Å². The molecule has 0 atom stereocenters. The Hall–Kier alpha value is -3.92. The number of hydrogen-bond acceptors (Lipinski definition) is 2. The molecule has 0 heterocycles. The summed E-state index contributed by atoms with van der Waals surface area (Å²) in [4.78, 5) is 20.5. The quantitative estimate of drug-likeness (QED) is 0.0320. The first-order valence-corrected chi connectivity index (χ1v) is 19.2. The molecule has 0 aromatic rings. The third-order valence-corrected chi connectivity index (χ3v) is 7.41. The summed E-state index contributed by atoms with van der Waals surface area (Å²) in [6.45, 7) is 5.95. The highest BCUT2D eigenvalue weighted by atomic mass is 16.4. The van der Waals surface area contributed by atoms with Crippen LogP contribution in [0.5, 0.6) is 0 Å². The van der Waals surface area contributed by atoms with E-state index in [-0.39, 0.29) is 0 Å². The molecule has 0 spiro atoms. The van der Waals surface area contributed by atoms with Gasteiger partial charge in [-0.2, -0.15) is 0 Å². The van der Waals surface area contributed by atoms with Crippen molar-refractivity contribution in [3.05, 3.63) is 134 Å². The maximum Gasteiger partial charge on any atom is 0.328 e. The first kappa shape index (κ1) is 48.2. The van der Waals surface area contributed by atoms with E-state index in [9.17, 15) is 9.59 Å². The topological polar surface area (TPSA) is 74.6 Å². The molecular formula is C46H70O4. The third-order valence-electron chi connectivity index (χ3n) is 7.41. The first-order chi connectivity index (χ1) is 24.5. The fourth-order valence-electron chi connectivity index (χ4n) is 4.63. The number of allylic oxidation sites excluding steroid dienone is 19. The summed E-state index contributed by atoms with van der Waals surface area (Å²) >= 11 is 0. The molecule has 0 amide bonds. The summed E-state index contributed by atoms with van der Waals surface area (Å²) in [5.41, 5.74) is 0. The average Bonchev–Trinajstić information content (AvgIpc) is 3.10. The molecule has 0 aliphatic rings. The number of rotatable bonds is 32. The SMILES string of the molecule is C=CCC=CCC=CCC=CCC=CCCCCCC=CC(=O)O.CCCCCCCCCCCCCC=CC=CC=CC=CC=CC(=O)O. The van der Waals surface area contributed by atoms with Gasteiger partial charge in [0, 0.05) is 12.2 Å². The molecule has 4 nitrogen and oxygen atoms in total. The van der Waals surface area contributed by atoms with Crippen LogP contribution in [0.2, 0.25) is 0 Å². The lowest BCUT2D eigenvalue weighted by Gasteiger charge is -2.01. The van der Waals surface area contributed by atoms with E-state index in [2.05, 4.69) is 74.3 Å². The van der Waals surface area contributed by atoms with E-state index < -0.39 is 11.9 Å². The summed E-state index contributed by atoms with van der Waals surface area (Å²) in [6.07, 6.45) is 66.3. The van der Waals surface area contributed by atoms with Gasteiger partial charge in [-0.05, 0) is 64.2 Å². The summed E-state index contributed by atoms with van der Waals surface area (Å²) < 4.78 is 0. The third kappa shape index (κ3) is 50.9. The average molecular weight is 687 g/mol. The lowest BCUT2D eigenvalue weighted by molar-refractivity contribution is -0.132. The van der Waals surface area contributed by atoms with E-state index in [0.29, 0.717) is 0 Å². The van der Waals surface area contributed by atoms with E-state index >= 15 is 0 Å². The van der Waals surface area contributed by atoms with Gasteiger partial charge in [-0.25, -0.2) is 9.59 Å². The van der Waals surface area contributed by atoms with Gasteiger partial charge >= 0.3 is 11.9 Å². The first-order valence-electron chi connectivity index (χ1n) is 19.2. The fourth-order valence-corrected chi connectivity index (χ4v) is 4.63. The monoisotopic (exact) mass is 687 g/mol. The molecule has 0 saturated carbocycles. The van der Waals surface area contributed by atoms with Crippen molar-refractivity contribution < 1.29 is 19.8 Å². The van der Waals surface area contributed by atoms with Crippen LogP contribution in [0.1, 0.15) is 142 Å². The van der Waals surface area contributed by atoms with Crippen LogP contribution in [-0.2, 0) is 9.59 Å². The minimum atomic E-state index is -0.929. The summed E-state index contributed by atoms with van der Waals surface area (Å²) in [5, 5.41) is 16.9. The van der Waals surface area contributed by atoms with Crippen LogP contribution in [0.25, 0.3) is 0 Å². The molecule has 0 aromatic heterocycles. The lowest BCUT2D eigenvalue weighted by Crippen LogP contribution is -1.85. The van der Waals surface area contributed by atoms with Crippen molar-refractivity contribution in [3.63, 3.8) is 0 Å². The second-order valence-corrected chi connectivity index (χ2v) is 12.1. The molecule has 0 aliphatic carbocycles. The van der Waals surface area contributed by atoms with Gasteiger partial charge in [0.2, 0.25) is 0 Å². The highest BCUT2D eigenvalue weighted by Gasteiger charge is 1.92. The van der Waals surface area contributed by atoms with Crippen LogP contribution < -0.4 is 0 Å². The lowest BCUT2D eigenvalue weighted by atomic mass is 10.1. The van der Waals surface area contributed by atoms with E-state index in [1.165, 1.54) is 89.2 Å². The Bertz CT molecular complexity index is 1080. The molecule has 4 heteroatoms. The maximum absolute atomic E-state index is 10.3. The van der Waals surface area contributed by atoms with Crippen LogP contribution in [0, 0.1) is 0 Å². The van der Waals surface area contributed by atoms with Gasteiger partial charge in [-0.3, -0.25) is 0 Å². The molecule has 50 heavy (non-hydrogen) atoms. The second-order valence-electron chi connectivity index (χ2n) is 12.1. The summed E-state index contributed by atoms with van der Waals surface area (Å²) in [5.74, 6) is -1.79. The van der Waals surface area contributed by atoms with Crippen LogP contribution in [0.3, 0.4) is 0 Å². The maximum atomic E-state index is 10.3. The zero-order valence-corrected chi connectivity index (χ0v) is 31.4. The summed E-state index contributed by atoms with van der Waals surface area (Å²) in [6, 6.07) is 0. The van der Waals surface area contributed by atoms with E-state index in [0.717, 1.165) is 63.9 Å². The molecule has 0 saturated heterocycles. The number of hydrogen-bond donors (Lipinski definition) is 2. The van der Waals surface area contributed by atoms with Gasteiger partial charge in [-0.15, -0.1) is 6.58 Å². The molecule has 0 bridgehead atoms. The molecule has 0 radical (unpaired) electrons. The fraction of sp³-hybridized carbons (Fsp3) is 0.478. The predicted octanol–water partition coefficient (Wildman–Crippen LogP) is 14.1. The Morgan fingerprint density at radius 3 is 1.24 bits per heavy atom. The van der Waals surface area contributed by atoms with Crippen LogP contribution in [-0.4, -0.2) is 22.2 Å². The van der Waals surface area contributed by atoms with E-state index in [1.54, 1.807) is 18.2 Å². The van der Waals surface area contributed by atoms with E-state index in [4.69, 9.17) is 10.2 Å². The Morgan fingerprint density at radius 2 is 0.760 bits per heavy atom. The smallest absolute Gasteiger partial charge is 0.328 e. The molecule has 278 valence electrons. The van der Waals surface area contributed by atoms with Gasteiger partial charge < -0.3 is 10.2 Å². The number of carbonyl (C=O) groups is 2. The molecule has 0 aromatic carbocycles. The van der Waals surface area contributed by atoms with Crippen LogP contribution in [0.15, 0.2) is 134 Å². The largest absolute Gasteiger partial charge is 0.478 e. The zero-order valence-electron chi connectivity index (χ0n) is 31.4. The zero-order chi connectivity index (χ0) is 36.9. The standard InChI is InChI=1S/C24H38O2.C22H32O2/c1-2-3-4-5-6-7-8-9-10-11-12-13-14-15-16-17-18-19-20-21-22-23-24(25)26;1-2-3-4-5-6-7-8-9-10-11-12-13-14-15-16-17-18-19-20-21-22(23)24/h14-23H,2-13H2,1H3,(H,25,26);2,4-5,7-8,10-11,13-14,20-21H,1,3,6,9,12,15-19H2,(H,23,24). The normalized spacial score (nSPS) is 12.6. The Labute approximate surface area is 306 Å². The molecule has 2 N–H and O–H groups in total. The second kappa shape index (κ2) is 45.1. The highest BCUT2D eigenvalue weighted by molar-refractivity contribution is 5.80. The van der Waals surface area contributed by atoms with Crippen LogP contribution in [0.4, 0.5) is 0 Å². The minimum Gasteiger partial charge on any atom is -0.478 e. The van der Waals surface area contributed by atoms with Gasteiger partial charge in [0.15, 0.2) is 0 Å². The number of carboxylic acid groups (broad SMARTS) is 2. The highest BCUT2D eigenvalue weighted by Crippen LogP contribution is 2.12. The molecule has 0 fully saturated rings. The van der Waals surface area contributed by atoms with Crippen LogP contribution >= 0.6 is 0 Å². The van der Waals surface area contributed by atoms with Crippen molar-refractivity contribution >= 4 is 11.9 Å². The predicted molar refractivity (Wildman–Crippen MR) is 219 cm³/mol. The minimum absolute atomic E-state index is 0.857. The van der Waals surface area contributed by atoms with Gasteiger partial charge in [0.25, 0.3) is 0 Å². The Morgan fingerprint density at radius 1 is 0.400 bits per heavy atom. The number of carboxylic acids is 2. The summed E-state index contributed by atoms with van der Waals surface area (Å²) in [7, 11) is 0. The van der Waals surface area contributed by atoms with Crippen molar-refractivity contribution in [2.24, 2.45) is 0 Å². The number of unbranched alkanes of at least 4 members (excludes halogenated alkanes) is 15. The number of aliphatic carboxylic acids is 2. The van der Waals surface area contributed by atoms with Crippen molar-refractivity contribution in [1.29, 1.82) is 0 Å². The van der Waals surface area contributed by atoms with Gasteiger partial charge in [0.05, 0.1) is 0 Å². The Balaban J connectivity index is 0. The molecular weight excluding hydrogens is 617 g/mol. The molecule has 0 rings (SSSR count). The van der Waals surface area contributed by atoms with Crippen molar-refractivity contribution in [2.45, 2.75) is 142 Å². The molecule has 0 aliphatic heterocycles. The Kier molecular flexibility index (Phi) is 43.5. The van der Waals surface area contributed by atoms with Crippen molar-refractivity contribution in [1.82, 2.24) is 0 Å². The van der Waals surface area contributed by atoms with E-state index in [1.807, 2.05) is 30.4 Å². The van der Waals surface area contributed by atoms with Crippen molar-refractivity contribution in [2.75, 3.05) is 0 Å². The van der Waals surface area contributed by atoms with Gasteiger partial charge in [0.1, 0.15) is 0 Å².